The molecule has 0 aromatic rings. The number of hydrogen-bond acceptors (Lipinski definition) is 3. The number of nitrogens with two attached hydrogens (primary N) is 1. The van der Waals surface area contributed by atoms with E-state index in [1.165, 1.54) is 0 Å². The standard InChI is InChI=1S/C11H21N3O/c1-10(2,3)8(13)9(15)14-7-11(4,5)6-12/h8H,7,13H2,1-5H3,(H,14,15)/t8-/m1/s1. The second-order valence-corrected chi connectivity index (χ2v) is 5.56. The monoisotopic (exact) mass is 211 g/mol. The number of nitrogens with one attached hydrogen (secondary N) is 1. The molecule has 0 rings (SSSR count). The first-order valence-electron chi connectivity index (χ1n) is 5.05. The molecule has 0 saturated heterocycles. The summed E-state index contributed by atoms with van der Waals surface area (Å²) < 4.78 is 0. The Bertz CT molecular complexity index is 271. The summed E-state index contributed by atoms with van der Waals surface area (Å²) in [4.78, 5) is 11.6. The fourth-order valence-electron chi connectivity index (χ4n) is 0.851. The summed E-state index contributed by atoms with van der Waals surface area (Å²) in [5.74, 6) is -0.203. The molecule has 1 atom stereocenters. The van der Waals surface area contributed by atoms with Gasteiger partial charge in [-0.3, -0.25) is 4.79 Å². The van der Waals surface area contributed by atoms with E-state index in [2.05, 4.69) is 11.4 Å². The summed E-state index contributed by atoms with van der Waals surface area (Å²) in [6.45, 7) is 9.60. The lowest BCUT2D eigenvalue weighted by Gasteiger charge is -2.27. The van der Waals surface area contributed by atoms with Gasteiger partial charge in [-0.2, -0.15) is 5.26 Å². The number of nitrogens with zero attached hydrogens (tertiary/aromatic N) is 1. The van der Waals surface area contributed by atoms with Gasteiger partial charge >= 0.3 is 0 Å². The summed E-state index contributed by atoms with van der Waals surface area (Å²) >= 11 is 0. The van der Waals surface area contributed by atoms with Crippen molar-refractivity contribution in [2.75, 3.05) is 6.54 Å². The van der Waals surface area contributed by atoms with Crippen LogP contribution in [0.1, 0.15) is 34.6 Å². The third-order valence-corrected chi connectivity index (χ3v) is 2.22. The van der Waals surface area contributed by atoms with Crippen molar-refractivity contribution >= 4 is 5.91 Å². The Morgan fingerprint density at radius 1 is 1.40 bits per heavy atom. The molecule has 0 radical (unpaired) electrons. The fraction of sp³-hybridized carbons (Fsp3) is 0.818. The highest BCUT2D eigenvalue weighted by Gasteiger charge is 2.28. The Balaban J connectivity index is 4.24. The topological polar surface area (TPSA) is 78.9 Å². The summed E-state index contributed by atoms with van der Waals surface area (Å²) in [6, 6.07) is 1.57. The minimum absolute atomic E-state index is 0.203. The lowest BCUT2D eigenvalue weighted by molar-refractivity contribution is -0.124. The molecular weight excluding hydrogens is 190 g/mol. The highest BCUT2D eigenvalue weighted by Crippen LogP contribution is 2.18. The molecule has 0 aliphatic rings. The van der Waals surface area contributed by atoms with Crippen molar-refractivity contribution in [1.29, 1.82) is 5.26 Å². The van der Waals surface area contributed by atoms with Gasteiger partial charge in [-0.15, -0.1) is 0 Å². The van der Waals surface area contributed by atoms with Gasteiger partial charge in [0.2, 0.25) is 5.91 Å². The Labute approximate surface area is 91.8 Å². The molecule has 0 aliphatic heterocycles. The SMILES string of the molecule is CC(C)(C#N)CNC(=O)[C@@H](N)C(C)(C)C. The van der Waals surface area contributed by atoms with Crippen LogP contribution in [0.3, 0.4) is 0 Å². The largest absolute Gasteiger partial charge is 0.353 e. The molecule has 3 N–H and O–H groups in total. The minimum Gasteiger partial charge on any atom is -0.353 e. The molecule has 86 valence electrons. The van der Waals surface area contributed by atoms with Gasteiger partial charge in [0.1, 0.15) is 0 Å². The second kappa shape index (κ2) is 4.63. The molecule has 15 heavy (non-hydrogen) atoms. The minimum atomic E-state index is -0.549. The van der Waals surface area contributed by atoms with Crippen LogP contribution >= 0.6 is 0 Å². The zero-order valence-corrected chi connectivity index (χ0v) is 10.2. The number of rotatable bonds is 3. The van der Waals surface area contributed by atoms with Crippen LogP contribution in [0.25, 0.3) is 0 Å². The van der Waals surface area contributed by atoms with Crippen molar-refractivity contribution in [3.05, 3.63) is 0 Å². The van der Waals surface area contributed by atoms with Crippen LogP contribution in [-0.2, 0) is 4.79 Å². The molecule has 0 aromatic heterocycles. The molecule has 0 fully saturated rings. The van der Waals surface area contributed by atoms with Crippen LogP contribution in [0.4, 0.5) is 0 Å². The van der Waals surface area contributed by atoms with Crippen LogP contribution < -0.4 is 11.1 Å². The number of amides is 1. The van der Waals surface area contributed by atoms with Crippen molar-refractivity contribution in [3.63, 3.8) is 0 Å². The lowest BCUT2D eigenvalue weighted by Crippen LogP contribution is -2.50. The number of nitriles is 1. The first-order chi connectivity index (χ1) is 6.60. The molecule has 0 bridgehead atoms. The zero-order chi connectivity index (χ0) is 12.3. The van der Waals surface area contributed by atoms with Gasteiger partial charge in [0.15, 0.2) is 0 Å². The van der Waals surface area contributed by atoms with Gasteiger partial charge in [0.05, 0.1) is 17.5 Å². The van der Waals surface area contributed by atoms with Crippen molar-refractivity contribution in [1.82, 2.24) is 5.32 Å². The first kappa shape index (κ1) is 13.9. The summed E-state index contributed by atoms with van der Waals surface area (Å²) in [5, 5.41) is 11.5. The predicted octanol–water partition coefficient (Wildman–Crippen LogP) is 1.03. The van der Waals surface area contributed by atoms with E-state index in [-0.39, 0.29) is 11.3 Å². The van der Waals surface area contributed by atoms with Gasteiger partial charge in [-0.05, 0) is 19.3 Å². The molecular formula is C11H21N3O. The van der Waals surface area contributed by atoms with E-state index in [1.54, 1.807) is 13.8 Å². The molecule has 1 amide bonds. The Kier molecular flexibility index (Phi) is 4.29. The Hall–Kier alpha value is -1.08. The van der Waals surface area contributed by atoms with Gasteiger partial charge in [-0.25, -0.2) is 0 Å². The predicted molar refractivity (Wildman–Crippen MR) is 59.8 cm³/mol. The maximum Gasteiger partial charge on any atom is 0.237 e. The van der Waals surface area contributed by atoms with E-state index in [0.29, 0.717) is 6.54 Å². The lowest BCUT2D eigenvalue weighted by atomic mass is 9.86. The van der Waals surface area contributed by atoms with Crippen LogP contribution in [0, 0.1) is 22.2 Å². The van der Waals surface area contributed by atoms with Crippen molar-refractivity contribution in [3.8, 4) is 6.07 Å². The highest BCUT2D eigenvalue weighted by molar-refractivity contribution is 5.82. The van der Waals surface area contributed by atoms with Crippen LogP contribution in [0.2, 0.25) is 0 Å². The van der Waals surface area contributed by atoms with Crippen LogP contribution in [0.5, 0.6) is 0 Å². The molecule has 0 spiro atoms. The smallest absolute Gasteiger partial charge is 0.237 e. The second-order valence-electron chi connectivity index (χ2n) is 5.56. The number of hydrogen-bond donors (Lipinski definition) is 2. The van der Waals surface area contributed by atoms with Crippen molar-refractivity contribution in [2.45, 2.75) is 40.7 Å². The average Bonchev–Trinajstić information content (AvgIpc) is 2.11. The van der Waals surface area contributed by atoms with Crippen molar-refractivity contribution in [2.24, 2.45) is 16.6 Å². The van der Waals surface area contributed by atoms with E-state index < -0.39 is 11.5 Å². The number of carbonyl (C=O) groups excluding carboxylic acids is 1. The third kappa shape index (κ3) is 4.80. The maximum absolute atomic E-state index is 11.6. The number of carbonyl (C=O) groups is 1. The van der Waals surface area contributed by atoms with Crippen LogP contribution in [0.15, 0.2) is 0 Å². The molecule has 0 unspecified atom stereocenters. The molecule has 0 saturated carbocycles. The van der Waals surface area contributed by atoms with E-state index in [4.69, 9.17) is 11.0 Å². The normalized spacial score (nSPS) is 14.2. The molecule has 4 nitrogen and oxygen atoms in total. The maximum atomic E-state index is 11.6. The molecule has 0 heterocycles. The summed E-state index contributed by atoms with van der Waals surface area (Å²) in [5.41, 5.74) is 4.96. The van der Waals surface area contributed by atoms with E-state index >= 15 is 0 Å². The van der Waals surface area contributed by atoms with Gasteiger partial charge in [0, 0.05) is 6.54 Å². The fourth-order valence-corrected chi connectivity index (χ4v) is 0.851. The molecule has 0 aliphatic carbocycles. The van der Waals surface area contributed by atoms with E-state index in [0.717, 1.165) is 0 Å². The summed E-state index contributed by atoms with van der Waals surface area (Å²) in [6.07, 6.45) is 0. The summed E-state index contributed by atoms with van der Waals surface area (Å²) in [7, 11) is 0. The first-order valence-corrected chi connectivity index (χ1v) is 5.05. The third-order valence-electron chi connectivity index (χ3n) is 2.22. The van der Waals surface area contributed by atoms with E-state index in [1.807, 2.05) is 20.8 Å². The van der Waals surface area contributed by atoms with Gasteiger partial charge in [-0.1, -0.05) is 20.8 Å². The van der Waals surface area contributed by atoms with E-state index in [9.17, 15) is 4.79 Å². The Morgan fingerprint density at radius 2 is 1.87 bits per heavy atom. The van der Waals surface area contributed by atoms with Crippen molar-refractivity contribution < 1.29 is 4.79 Å². The Morgan fingerprint density at radius 3 is 2.20 bits per heavy atom. The van der Waals surface area contributed by atoms with Crippen LogP contribution in [-0.4, -0.2) is 18.5 Å². The highest BCUT2D eigenvalue weighted by atomic mass is 16.2. The quantitative estimate of drug-likeness (QED) is 0.731. The van der Waals surface area contributed by atoms with Gasteiger partial charge in [0.25, 0.3) is 0 Å². The zero-order valence-electron chi connectivity index (χ0n) is 10.2. The molecule has 0 aromatic carbocycles. The molecule has 4 heteroatoms. The average molecular weight is 211 g/mol. The van der Waals surface area contributed by atoms with Gasteiger partial charge < -0.3 is 11.1 Å².